The van der Waals surface area contributed by atoms with Crippen molar-refractivity contribution < 1.29 is 38.5 Å². The molecule has 2 aromatic rings. The van der Waals surface area contributed by atoms with Crippen LogP contribution in [-0.2, 0) is 32.1 Å². The molecule has 2 aromatic carbocycles. The van der Waals surface area contributed by atoms with Gasteiger partial charge in [0.2, 0.25) is 5.91 Å². The number of carbonyl (C=O) groups is 4. The highest BCUT2D eigenvalue weighted by atomic mass is 16.6. The number of hydrogen-bond acceptors (Lipinski definition) is 8. The van der Waals surface area contributed by atoms with Crippen LogP contribution >= 0.6 is 0 Å². The molecular weight excluding hydrogens is 468 g/mol. The summed E-state index contributed by atoms with van der Waals surface area (Å²) in [7, 11) is 1.32. The second-order valence-corrected chi connectivity index (χ2v) is 9.11. The summed E-state index contributed by atoms with van der Waals surface area (Å²) in [6.45, 7) is 5.33. The van der Waals surface area contributed by atoms with Gasteiger partial charge in [-0.05, 0) is 62.6 Å². The molecule has 4 N–H and O–H groups in total. The first kappa shape index (κ1) is 28.3. The van der Waals surface area contributed by atoms with Crippen molar-refractivity contribution in [3.05, 3.63) is 65.2 Å². The second-order valence-electron chi connectivity index (χ2n) is 9.11. The zero-order valence-electron chi connectivity index (χ0n) is 20.8. The van der Waals surface area contributed by atoms with Gasteiger partial charge in [-0.15, -0.1) is 0 Å². The Balaban J connectivity index is 2.04. The number of esters is 1. The maximum Gasteiger partial charge on any atom is 0.408 e. The van der Waals surface area contributed by atoms with Gasteiger partial charge in [0.05, 0.1) is 18.7 Å². The zero-order chi connectivity index (χ0) is 26.9. The average molecular weight is 501 g/mol. The Morgan fingerprint density at radius 2 is 1.56 bits per heavy atom. The number of amides is 2. The Bertz CT molecular complexity index is 1060. The Labute approximate surface area is 209 Å². The number of carbonyl (C=O) groups excluding carboxylic acids is 4. The lowest BCUT2D eigenvalue weighted by molar-refractivity contribution is -0.132. The van der Waals surface area contributed by atoms with Gasteiger partial charge in [0, 0.05) is 6.42 Å². The average Bonchev–Trinajstić information content (AvgIpc) is 2.81. The van der Waals surface area contributed by atoms with Gasteiger partial charge in [-0.3, -0.25) is 9.59 Å². The summed E-state index contributed by atoms with van der Waals surface area (Å²) in [5.74, 6) is -1.44. The molecule has 0 aliphatic carbocycles. The van der Waals surface area contributed by atoms with Crippen LogP contribution in [0.5, 0.6) is 5.75 Å². The van der Waals surface area contributed by atoms with Gasteiger partial charge in [0.25, 0.3) is 0 Å². The molecule has 0 radical (unpaired) electrons. The minimum atomic E-state index is -1.65. The molecule has 10 heteroatoms. The zero-order valence-corrected chi connectivity index (χ0v) is 20.8. The first-order valence-corrected chi connectivity index (χ1v) is 11.3. The van der Waals surface area contributed by atoms with Gasteiger partial charge in [0.15, 0.2) is 5.78 Å². The van der Waals surface area contributed by atoms with Crippen LogP contribution in [0.3, 0.4) is 0 Å². The van der Waals surface area contributed by atoms with E-state index in [-0.39, 0.29) is 13.0 Å². The fraction of sp³-hybridized carbons (Fsp3) is 0.385. The number of Topliss-reactive ketones (excluding diaryl/α,β-unsaturated/α-hetero) is 1. The van der Waals surface area contributed by atoms with E-state index in [1.807, 2.05) is 0 Å². The molecule has 0 aromatic heterocycles. The van der Waals surface area contributed by atoms with E-state index < -0.39 is 47.9 Å². The second kappa shape index (κ2) is 12.7. The molecule has 36 heavy (non-hydrogen) atoms. The summed E-state index contributed by atoms with van der Waals surface area (Å²) in [4.78, 5) is 47.6. The lowest BCUT2D eigenvalue weighted by Gasteiger charge is -2.23. The van der Waals surface area contributed by atoms with Gasteiger partial charge in [-0.1, -0.05) is 24.3 Å². The highest BCUT2D eigenvalue weighted by molar-refractivity contribution is 5.92. The SMILES string of the molecule is COC(=O)c1ccc(COc2ccc(CC(NC(=O)OC(C)(C)C)C(=O)CC(O)C(N)=O)cc2)cc1. The van der Waals surface area contributed by atoms with Crippen LogP contribution in [0.1, 0.15) is 48.7 Å². The van der Waals surface area contributed by atoms with Crippen molar-refractivity contribution in [3.63, 3.8) is 0 Å². The minimum Gasteiger partial charge on any atom is -0.489 e. The molecule has 0 aliphatic rings. The Hall–Kier alpha value is -3.92. The number of rotatable bonds is 11. The quantitative estimate of drug-likeness (QED) is 0.397. The number of aliphatic hydroxyl groups excluding tert-OH is 1. The van der Waals surface area contributed by atoms with Crippen LogP contribution in [-0.4, -0.2) is 53.7 Å². The third-order valence-electron chi connectivity index (χ3n) is 4.95. The number of methoxy groups -OCH3 is 1. The van der Waals surface area contributed by atoms with Gasteiger partial charge < -0.3 is 30.4 Å². The van der Waals surface area contributed by atoms with Crippen molar-refractivity contribution in [2.24, 2.45) is 5.73 Å². The minimum absolute atomic E-state index is 0.0961. The number of alkyl carbamates (subject to hydrolysis) is 1. The van der Waals surface area contributed by atoms with Crippen molar-refractivity contribution in [2.75, 3.05) is 7.11 Å². The first-order valence-electron chi connectivity index (χ1n) is 11.3. The molecule has 2 rings (SSSR count). The molecule has 2 amide bonds. The van der Waals surface area contributed by atoms with E-state index in [1.165, 1.54) is 7.11 Å². The Morgan fingerprint density at radius 1 is 0.972 bits per heavy atom. The topological polar surface area (TPSA) is 154 Å². The molecule has 194 valence electrons. The highest BCUT2D eigenvalue weighted by Crippen LogP contribution is 2.17. The summed E-state index contributed by atoms with van der Waals surface area (Å²) in [5, 5.41) is 12.2. The molecule has 0 aliphatic heterocycles. The molecule has 10 nitrogen and oxygen atoms in total. The van der Waals surface area contributed by atoms with Crippen LogP contribution in [0, 0.1) is 0 Å². The number of ether oxygens (including phenoxy) is 3. The number of ketones is 1. The van der Waals surface area contributed by atoms with Gasteiger partial charge in [-0.2, -0.15) is 0 Å². The predicted octanol–water partition coefficient (Wildman–Crippen LogP) is 2.29. The Kier molecular flexibility index (Phi) is 9.98. The van der Waals surface area contributed by atoms with E-state index >= 15 is 0 Å². The third kappa shape index (κ3) is 9.38. The van der Waals surface area contributed by atoms with E-state index in [9.17, 15) is 24.3 Å². The van der Waals surface area contributed by atoms with Crippen molar-refractivity contribution >= 4 is 23.8 Å². The number of nitrogens with one attached hydrogen (secondary N) is 1. The van der Waals surface area contributed by atoms with Gasteiger partial charge >= 0.3 is 12.1 Å². The molecule has 2 atom stereocenters. The number of hydrogen-bond donors (Lipinski definition) is 3. The van der Waals surface area contributed by atoms with Crippen LogP contribution in [0.15, 0.2) is 48.5 Å². The summed E-state index contributed by atoms with van der Waals surface area (Å²) in [6.07, 6.45) is -2.89. The fourth-order valence-corrected chi connectivity index (χ4v) is 3.11. The smallest absolute Gasteiger partial charge is 0.408 e. The first-order chi connectivity index (χ1) is 16.9. The molecular formula is C26H32N2O8. The Morgan fingerprint density at radius 3 is 2.08 bits per heavy atom. The van der Waals surface area contributed by atoms with Crippen molar-refractivity contribution in [1.82, 2.24) is 5.32 Å². The largest absolute Gasteiger partial charge is 0.489 e. The van der Waals surface area contributed by atoms with Crippen molar-refractivity contribution in [1.29, 1.82) is 0 Å². The molecule has 0 bridgehead atoms. The van der Waals surface area contributed by atoms with Gasteiger partial charge in [0.1, 0.15) is 24.1 Å². The lowest BCUT2D eigenvalue weighted by Crippen LogP contribution is -2.46. The molecule has 0 saturated carbocycles. The molecule has 0 saturated heterocycles. The molecule has 0 spiro atoms. The van der Waals surface area contributed by atoms with Gasteiger partial charge in [-0.25, -0.2) is 9.59 Å². The third-order valence-corrected chi connectivity index (χ3v) is 4.95. The van der Waals surface area contributed by atoms with Crippen LogP contribution in [0.2, 0.25) is 0 Å². The summed E-state index contributed by atoms with van der Waals surface area (Å²) < 4.78 is 15.7. The maximum atomic E-state index is 12.7. The van der Waals surface area contributed by atoms with E-state index in [0.29, 0.717) is 16.9 Å². The molecule has 0 heterocycles. The summed E-state index contributed by atoms with van der Waals surface area (Å²) >= 11 is 0. The molecule has 0 fully saturated rings. The van der Waals surface area contributed by atoms with E-state index in [2.05, 4.69) is 10.1 Å². The fourth-order valence-electron chi connectivity index (χ4n) is 3.11. The number of aliphatic hydroxyl groups is 1. The summed E-state index contributed by atoms with van der Waals surface area (Å²) in [6, 6.07) is 12.7. The van der Waals surface area contributed by atoms with Crippen LogP contribution in [0.25, 0.3) is 0 Å². The molecule has 2 unspecified atom stereocenters. The van der Waals surface area contributed by atoms with E-state index in [4.69, 9.17) is 15.2 Å². The normalized spacial score (nSPS) is 12.7. The predicted molar refractivity (Wildman–Crippen MR) is 130 cm³/mol. The number of nitrogens with two attached hydrogens (primary N) is 1. The van der Waals surface area contributed by atoms with Crippen LogP contribution in [0.4, 0.5) is 4.79 Å². The number of benzene rings is 2. The lowest BCUT2D eigenvalue weighted by atomic mass is 9.98. The standard InChI is InChI=1S/C26H32N2O8/c1-26(2,3)36-25(33)28-20(21(29)14-22(30)23(27)31)13-16-7-11-19(12-8-16)35-15-17-5-9-18(10-6-17)24(32)34-4/h5-12,20,22,30H,13-15H2,1-4H3,(H2,27,31)(H,28,33). The highest BCUT2D eigenvalue weighted by Gasteiger charge is 2.27. The van der Waals surface area contributed by atoms with Crippen molar-refractivity contribution in [3.8, 4) is 5.75 Å². The monoisotopic (exact) mass is 500 g/mol. The maximum absolute atomic E-state index is 12.7. The summed E-state index contributed by atoms with van der Waals surface area (Å²) in [5.41, 5.74) is 6.27. The van der Waals surface area contributed by atoms with E-state index in [0.717, 1.165) is 5.56 Å². The van der Waals surface area contributed by atoms with E-state index in [1.54, 1.807) is 69.3 Å². The van der Waals surface area contributed by atoms with Crippen LogP contribution < -0.4 is 15.8 Å². The number of primary amides is 1. The van der Waals surface area contributed by atoms with Crippen molar-refractivity contribution in [2.45, 2.75) is 58.0 Å².